The van der Waals surface area contributed by atoms with Gasteiger partial charge >= 0.3 is 5.97 Å². The second-order valence-electron chi connectivity index (χ2n) is 24.3. The van der Waals surface area contributed by atoms with Gasteiger partial charge in [-0.25, -0.2) is 4.79 Å². The molecule has 0 aromatic heterocycles. The fourth-order valence-corrected chi connectivity index (χ4v) is 11.8. The number of guanidine groups is 2. The van der Waals surface area contributed by atoms with Gasteiger partial charge in [0.25, 0.3) is 0 Å². The molecular formula is C65H93N17O14. The summed E-state index contributed by atoms with van der Waals surface area (Å²) in [5, 5.41) is 49.0. The Kier molecular flexibility index (Phi) is 29.2. The maximum absolute atomic E-state index is 14.7. The number of aliphatic hydroxyl groups excluding tert-OH is 1. The highest BCUT2D eigenvalue weighted by atomic mass is 16.4. The Morgan fingerprint density at radius 3 is 1.55 bits per heavy atom. The number of carboxylic acid groups (broad SMARTS) is 1. The molecule has 6 rings (SSSR count). The molecule has 3 aliphatic rings. The first-order valence-corrected chi connectivity index (χ1v) is 32.5. The molecule has 3 saturated heterocycles. The number of nitrogens with one attached hydrogen (secondary N) is 7. The Balaban J connectivity index is 1.12. The first kappa shape index (κ1) is 75.1. The number of benzene rings is 3. The summed E-state index contributed by atoms with van der Waals surface area (Å²) in [6.07, 6.45) is 2.81. The fraction of sp³-hybridized carbons (Fsp3) is 0.523. The van der Waals surface area contributed by atoms with Crippen LogP contribution in [0.5, 0.6) is 5.75 Å². The minimum Gasteiger partial charge on any atom is -0.508 e. The number of hydrogen-bond acceptors (Lipinski definition) is 16. The first-order valence-electron chi connectivity index (χ1n) is 32.5. The molecule has 3 aromatic rings. The van der Waals surface area contributed by atoms with Crippen LogP contribution < -0.4 is 65.9 Å². The number of nitrogens with two attached hydrogens (primary N) is 5. The number of phenolic OH excluding ortho intramolecular Hbond substituents is 1. The Morgan fingerprint density at radius 2 is 1.01 bits per heavy atom. The van der Waals surface area contributed by atoms with E-state index >= 15 is 0 Å². The van der Waals surface area contributed by atoms with Crippen LogP contribution in [-0.2, 0) is 72.0 Å². The molecule has 11 atom stereocenters. The van der Waals surface area contributed by atoms with E-state index in [0.717, 1.165) is 0 Å². The topological polar surface area (TPSA) is 497 Å². The van der Waals surface area contributed by atoms with Gasteiger partial charge in [-0.2, -0.15) is 0 Å². The van der Waals surface area contributed by atoms with Gasteiger partial charge in [0.15, 0.2) is 11.9 Å². The van der Waals surface area contributed by atoms with Crippen molar-refractivity contribution in [2.24, 2.45) is 44.6 Å². The zero-order valence-electron chi connectivity index (χ0n) is 54.2. The second-order valence-corrected chi connectivity index (χ2v) is 24.3. The zero-order chi connectivity index (χ0) is 70.0. The van der Waals surface area contributed by atoms with Crippen LogP contribution in [0.25, 0.3) is 0 Å². The summed E-state index contributed by atoms with van der Waals surface area (Å²) in [7, 11) is 0. The number of aliphatic imine (C=N–C) groups is 2. The third-order valence-electron chi connectivity index (χ3n) is 17.2. The maximum Gasteiger partial charge on any atom is 0.326 e. The second kappa shape index (κ2) is 37.3. The van der Waals surface area contributed by atoms with Crippen LogP contribution in [0.2, 0.25) is 0 Å². The summed E-state index contributed by atoms with van der Waals surface area (Å²) < 4.78 is 0. The van der Waals surface area contributed by atoms with E-state index in [9.17, 15) is 68.1 Å². The van der Waals surface area contributed by atoms with Crippen LogP contribution >= 0.6 is 0 Å². The largest absolute Gasteiger partial charge is 0.508 e. The lowest BCUT2D eigenvalue weighted by atomic mass is 9.96. The molecule has 31 nitrogen and oxygen atoms in total. The van der Waals surface area contributed by atoms with Gasteiger partial charge in [-0.1, -0.05) is 93.1 Å². The predicted octanol–water partition coefficient (Wildman–Crippen LogP) is -3.02. The number of phenols is 1. The number of hydrogen-bond donors (Lipinski definition) is 15. The van der Waals surface area contributed by atoms with Crippen LogP contribution in [0.15, 0.2) is 94.9 Å². The highest BCUT2D eigenvalue weighted by Gasteiger charge is 2.44. The van der Waals surface area contributed by atoms with E-state index in [1.807, 2.05) is 0 Å². The van der Waals surface area contributed by atoms with Gasteiger partial charge in [0, 0.05) is 52.0 Å². The number of nitrogens with zero attached hydrogens (tertiary/aromatic N) is 5. The van der Waals surface area contributed by atoms with Crippen LogP contribution in [0, 0.1) is 5.92 Å². The van der Waals surface area contributed by atoms with Crippen LogP contribution in [0.3, 0.4) is 0 Å². The Morgan fingerprint density at radius 1 is 0.542 bits per heavy atom. The van der Waals surface area contributed by atoms with Crippen LogP contribution in [-0.4, -0.2) is 213 Å². The zero-order valence-corrected chi connectivity index (χ0v) is 54.2. The van der Waals surface area contributed by atoms with Gasteiger partial charge in [0.2, 0.25) is 59.1 Å². The van der Waals surface area contributed by atoms with Gasteiger partial charge in [0.1, 0.15) is 60.1 Å². The molecule has 0 saturated carbocycles. The molecule has 0 aliphatic carbocycles. The lowest BCUT2D eigenvalue weighted by Crippen LogP contribution is -2.61. The summed E-state index contributed by atoms with van der Waals surface area (Å²) in [5.41, 5.74) is 29.9. The quantitative estimate of drug-likeness (QED) is 0.0158. The van der Waals surface area contributed by atoms with Crippen molar-refractivity contribution in [3.05, 3.63) is 102 Å². The van der Waals surface area contributed by atoms with E-state index in [2.05, 4.69) is 47.2 Å². The van der Waals surface area contributed by atoms with Gasteiger partial charge in [-0.05, 0) is 98.9 Å². The molecule has 0 unspecified atom stereocenters. The van der Waals surface area contributed by atoms with E-state index in [4.69, 9.17) is 28.7 Å². The lowest BCUT2D eigenvalue weighted by Gasteiger charge is -2.32. The number of carbonyl (C=O) groups is 11. The molecule has 31 heteroatoms. The van der Waals surface area contributed by atoms with Gasteiger partial charge in [-0.3, -0.25) is 57.9 Å². The molecule has 10 amide bonds. The van der Waals surface area contributed by atoms with Gasteiger partial charge in [-0.15, -0.1) is 0 Å². The number of carboxylic acids is 1. The maximum atomic E-state index is 14.7. The molecule has 96 heavy (non-hydrogen) atoms. The van der Waals surface area contributed by atoms with E-state index in [1.54, 1.807) is 74.5 Å². The summed E-state index contributed by atoms with van der Waals surface area (Å²) in [5.74, 6) is -9.55. The molecule has 3 heterocycles. The smallest absolute Gasteiger partial charge is 0.326 e. The summed E-state index contributed by atoms with van der Waals surface area (Å²) in [6.45, 7) is 2.71. The fourth-order valence-electron chi connectivity index (χ4n) is 11.8. The number of likely N-dealkylation sites (tertiary alicyclic amines) is 3. The number of rotatable bonds is 35. The predicted molar refractivity (Wildman–Crippen MR) is 353 cm³/mol. The SMILES string of the molecule is CC[C@H](C)[C@H](NC(=O)[C@H](CCCN=C(N)N)NC(=O)[C@H](Cc1ccccc1)NC(=O)[C@@H]1CCCN1C(=O)[C@H](CO)NC(=O)[C@H](Cc1ccccc1)NC(=O)CNC(=O)[C@@H]1CCCN1C(=O)[C@@H]1CCCN1C(=O)[C@@H](N)CCCN=C(N)N)C(=O)N[C@@H](Cc1ccc(O)cc1)C(=O)O. The number of aliphatic hydroxyl groups is 1. The van der Waals surface area contributed by atoms with E-state index in [0.29, 0.717) is 61.8 Å². The third kappa shape index (κ3) is 22.4. The Bertz CT molecular complexity index is 3230. The number of amides is 10. The number of aliphatic carboxylic acids is 1. The highest BCUT2D eigenvalue weighted by Crippen LogP contribution is 2.27. The molecule has 20 N–H and O–H groups in total. The molecule has 3 aromatic carbocycles. The first-order chi connectivity index (χ1) is 45.9. The van der Waals surface area contributed by atoms with Crippen LogP contribution in [0.4, 0.5) is 0 Å². The standard InChI is InChI=1S/C65H93N17O14/c1-3-38(2)53(59(91)77-47(63(95)96)35-41-24-26-42(84)27-25-41)79-54(86)44(20-11-29-72-65(69)70)75-56(88)46(34-40-17-8-5-9-18-40)76-58(90)50-22-13-30-80(50)61(93)48(37-83)78-55(87)45(33-39-15-6-4-7-16-39)74-52(85)36-73-57(89)49-21-12-31-81(49)62(94)51-23-14-32-82(51)60(92)43(66)19-10-28-71-64(67)68/h4-9,15-18,24-27,38,43-51,53,83-84H,3,10-14,19-23,28-37,66H2,1-2H3,(H,73,89)(H,74,85)(H,75,88)(H,76,90)(H,77,91)(H,78,87)(H,79,86)(H,95,96)(H4,67,68,71)(H4,69,70,72)/t38-,43-,44-,45-,46-,47-,48-,49-,50-,51-,53-/m0/s1. The van der Waals surface area contributed by atoms with Gasteiger partial charge in [0.05, 0.1) is 19.2 Å². The minimum atomic E-state index is -1.65. The lowest BCUT2D eigenvalue weighted by molar-refractivity contribution is -0.147. The monoisotopic (exact) mass is 1340 g/mol. The van der Waals surface area contributed by atoms with Crippen molar-refractivity contribution in [3.8, 4) is 5.75 Å². The average Bonchev–Trinajstić information content (AvgIpc) is 1.61. The van der Waals surface area contributed by atoms with Crippen molar-refractivity contribution in [3.63, 3.8) is 0 Å². The molecule has 3 fully saturated rings. The van der Waals surface area contributed by atoms with Crippen molar-refractivity contribution in [1.29, 1.82) is 0 Å². The summed E-state index contributed by atoms with van der Waals surface area (Å²) >= 11 is 0. The molecule has 0 spiro atoms. The summed E-state index contributed by atoms with van der Waals surface area (Å²) in [6, 6.07) is 10.4. The van der Waals surface area contributed by atoms with Crippen LogP contribution in [0.1, 0.15) is 101 Å². The van der Waals surface area contributed by atoms with Crippen molar-refractivity contribution < 1.29 is 68.1 Å². The van der Waals surface area contributed by atoms with Crippen molar-refractivity contribution >= 4 is 77.0 Å². The van der Waals surface area contributed by atoms with Crippen molar-refractivity contribution in [1.82, 2.24) is 51.9 Å². The minimum absolute atomic E-state index is 0.00624. The van der Waals surface area contributed by atoms with E-state index < -0.39 is 145 Å². The van der Waals surface area contributed by atoms with Gasteiger partial charge < -0.3 is 95.9 Å². The normalized spacial score (nSPS) is 18.3. The Hall–Kier alpha value is -9.91. The number of carbonyl (C=O) groups excluding carboxylic acids is 10. The molecule has 522 valence electrons. The Labute approximate surface area is 556 Å². The molecule has 0 bridgehead atoms. The van der Waals surface area contributed by atoms with E-state index in [1.165, 1.54) is 39.0 Å². The van der Waals surface area contributed by atoms with Crippen molar-refractivity contribution in [2.75, 3.05) is 45.9 Å². The van der Waals surface area contributed by atoms with E-state index in [-0.39, 0.29) is 95.2 Å². The average molecular weight is 1340 g/mol. The molecule has 3 aliphatic heterocycles. The third-order valence-corrected chi connectivity index (χ3v) is 17.2. The summed E-state index contributed by atoms with van der Waals surface area (Å²) in [4.78, 5) is 166. The number of aromatic hydroxyl groups is 1. The highest BCUT2D eigenvalue weighted by molar-refractivity contribution is 5.99. The molecule has 0 radical (unpaired) electrons. The van der Waals surface area contributed by atoms with Crippen molar-refractivity contribution in [2.45, 2.75) is 164 Å². The molecular weight excluding hydrogens is 1240 g/mol.